The third kappa shape index (κ3) is 2.81. The lowest BCUT2D eigenvalue weighted by atomic mass is 10.0. The van der Waals surface area contributed by atoms with Crippen LogP contribution in [0.5, 0.6) is 0 Å². The van der Waals surface area contributed by atoms with Crippen molar-refractivity contribution in [2.75, 3.05) is 11.9 Å². The fourth-order valence-corrected chi connectivity index (χ4v) is 3.56. The van der Waals surface area contributed by atoms with Crippen LogP contribution in [0.1, 0.15) is 41.6 Å². The molecule has 0 bridgehead atoms. The van der Waals surface area contributed by atoms with Crippen LogP contribution in [0.2, 0.25) is 0 Å². The summed E-state index contributed by atoms with van der Waals surface area (Å²) in [5.74, 6) is 0.406. The molecule has 1 amide bonds. The summed E-state index contributed by atoms with van der Waals surface area (Å²) in [5, 5.41) is 1.03. The van der Waals surface area contributed by atoms with Crippen LogP contribution >= 0.6 is 0 Å². The van der Waals surface area contributed by atoms with Crippen LogP contribution in [0, 0.1) is 0 Å². The first-order valence-corrected chi connectivity index (χ1v) is 9.10. The highest BCUT2D eigenvalue weighted by Gasteiger charge is 2.27. The first-order chi connectivity index (χ1) is 12.6. The van der Waals surface area contributed by atoms with Crippen LogP contribution < -0.4 is 10.5 Å². The Balaban J connectivity index is 1.82. The third-order valence-electron chi connectivity index (χ3n) is 5.17. The van der Waals surface area contributed by atoms with E-state index in [4.69, 9.17) is 0 Å². The maximum atomic E-state index is 13.0. The Labute approximate surface area is 152 Å². The molecule has 1 aliphatic rings. The third-order valence-corrected chi connectivity index (χ3v) is 5.17. The number of para-hydroxylation sites is 1. The van der Waals surface area contributed by atoms with Crippen LogP contribution in [0.4, 0.5) is 5.69 Å². The molecular formula is C22H22N2O2. The number of anilines is 1. The molecule has 0 aliphatic heterocycles. The van der Waals surface area contributed by atoms with E-state index in [9.17, 15) is 9.59 Å². The molecule has 0 spiro atoms. The van der Waals surface area contributed by atoms with Crippen LogP contribution in [0.3, 0.4) is 0 Å². The van der Waals surface area contributed by atoms with E-state index >= 15 is 0 Å². The number of fused-ring (bicyclic) bond motifs is 1. The zero-order valence-electron chi connectivity index (χ0n) is 15.1. The Morgan fingerprint density at radius 2 is 1.85 bits per heavy atom. The summed E-state index contributed by atoms with van der Waals surface area (Å²) in [6, 6.07) is 17.1. The van der Waals surface area contributed by atoms with Gasteiger partial charge in [-0.05, 0) is 61.6 Å². The van der Waals surface area contributed by atoms with E-state index in [1.54, 1.807) is 22.6 Å². The second-order valence-electron chi connectivity index (χ2n) is 6.89. The van der Waals surface area contributed by atoms with E-state index in [0.29, 0.717) is 18.0 Å². The Bertz CT molecular complexity index is 1030. The number of hydrogen-bond donors (Lipinski definition) is 0. The molecule has 2 aromatic carbocycles. The maximum Gasteiger partial charge on any atom is 0.258 e. The molecule has 1 saturated carbocycles. The summed E-state index contributed by atoms with van der Waals surface area (Å²) in [5.41, 5.74) is 3.56. The molecule has 0 radical (unpaired) electrons. The van der Waals surface area contributed by atoms with E-state index in [2.05, 4.69) is 0 Å². The number of carbonyl (C=O) groups is 1. The standard InChI is InChI=1S/C22H22N2O2/c1-3-24-20-12-11-16(22(26)23(2)17-7-5-4-6-8-17)13-19(20)18(14-21(24)25)15-9-10-15/h4-8,11-15H,3,9-10H2,1-2H3. The zero-order valence-corrected chi connectivity index (χ0v) is 15.1. The average molecular weight is 346 g/mol. The van der Waals surface area contributed by atoms with Gasteiger partial charge in [0.05, 0.1) is 5.52 Å². The largest absolute Gasteiger partial charge is 0.311 e. The minimum absolute atomic E-state index is 0.0439. The highest BCUT2D eigenvalue weighted by atomic mass is 16.2. The van der Waals surface area contributed by atoms with Gasteiger partial charge < -0.3 is 9.47 Å². The molecular weight excluding hydrogens is 324 g/mol. The van der Waals surface area contributed by atoms with E-state index in [-0.39, 0.29) is 11.5 Å². The number of aromatic nitrogens is 1. The van der Waals surface area contributed by atoms with Crippen LogP contribution in [0.25, 0.3) is 10.9 Å². The van der Waals surface area contributed by atoms with Crippen LogP contribution in [0.15, 0.2) is 59.4 Å². The summed E-state index contributed by atoms with van der Waals surface area (Å²) >= 11 is 0. The Hall–Kier alpha value is -2.88. The molecule has 1 heterocycles. The van der Waals surface area contributed by atoms with Gasteiger partial charge in [0.25, 0.3) is 11.5 Å². The van der Waals surface area contributed by atoms with Gasteiger partial charge in [0.15, 0.2) is 0 Å². The number of nitrogens with zero attached hydrogens (tertiary/aromatic N) is 2. The van der Waals surface area contributed by atoms with Gasteiger partial charge in [0, 0.05) is 36.3 Å². The normalized spacial score (nSPS) is 13.8. The van der Waals surface area contributed by atoms with Gasteiger partial charge in [-0.15, -0.1) is 0 Å². The van der Waals surface area contributed by atoms with Crippen molar-refractivity contribution in [1.29, 1.82) is 0 Å². The highest BCUT2D eigenvalue weighted by Crippen LogP contribution is 2.42. The first kappa shape index (κ1) is 16.6. The van der Waals surface area contributed by atoms with Crippen molar-refractivity contribution in [3.05, 3.63) is 76.1 Å². The SMILES string of the molecule is CCn1c(=O)cc(C2CC2)c2cc(C(=O)N(C)c3ccccc3)ccc21. The molecule has 4 nitrogen and oxygen atoms in total. The Kier molecular flexibility index (Phi) is 4.11. The van der Waals surface area contributed by atoms with Crippen molar-refractivity contribution in [3.63, 3.8) is 0 Å². The van der Waals surface area contributed by atoms with Crippen LogP contribution in [-0.2, 0) is 6.54 Å². The lowest BCUT2D eigenvalue weighted by Gasteiger charge is -2.18. The van der Waals surface area contributed by atoms with E-state index in [0.717, 1.165) is 35.0 Å². The number of rotatable bonds is 4. The molecule has 132 valence electrons. The molecule has 0 saturated heterocycles. The summed E-state index contributed by atoms with van der Waals surface area (Å²) in [6.07, 6.45) is 2.24. The van der Waals surface area contributed by atoms with Crippen molar-refractivity contribution in [3.8, 4) is 0 Å². The molecule has 4 heteroatoms. The molecule has 0 unspecified atom stereocenters. The van der Waals surface area contributed by atoms with Gasteiger partial charge in [0.1, 0.15) is 0 Å². The zero-order chi connectivity index (χ0) is 18.3. The number of carbonyl (C=O) groups excluding carboxylic acids is 1. The fraction of sp³-hybridized carbons (Fsp3) is 0.273. The van der Waals surface area contributed by atoms with E-state index in [1.807, 2.05) is 55.5 Å². The Morgan fingerprint density at radius 1 is 1.12 bits per heavy atom. The van der Waals surface area contributed by atoms with Gasteiger partial charge in [-0.1, -0.05) is 18.2 Å². The van der Waals surface area contributed by atoms with Gasteiger partial charge in [-0.3, -0.25) is 9.59 Å². The lowest BCUT2D eigenvalue weighted by Crippen LogP contribution is -2.26. The van der Waals surface area contributed by atoms with E-state index < -0.39 is 0 Å². The van der Waals surface area contributed by atoms with E-state index in [1.165, 1.54) is 0 Å². The quantitative estimate of drug-likeness (QED) is 0.711. The topological polar surface area (TPSA) is 42.3 Å². The van der Waals surface area contributed by atoms with Gasteiger partial charge in [0.2, 0.25) is 0 Å². The van der Waals surface area contributed by atoms with Gasteiger partial charge >= 0.3 is 0 Å². The van der Waals surface area contributed by atoms with Crippen molar-refractivity contribution in [2.45, 2.75) is 32.2 Å². The highest BCUT2D eigenvalue weighted by molar-refractivity contribution is 6.07. The number of benzene rings is 2. The number of amides is 1. The van der Waals surface area contributed by atoms with Crippen molar-refractivity contribution >= 4 is 22.5 Å². The van der Waals surface area contributed by atoms with Crippen molar-refractivity contribution < 1.29 is 4.79 Å². The summed E-state index contributed by atoms with van der Waals surface area (Å²) < 4.78 is 1.77. The number of pyridine rings is 1. The second-order valence-corrected chi connectivity index (χ2v) is 6.89. The summed E-state index contributed by atoms with van der Waals surface area (Å²) in [4.78, 5) is 27.0. The van der Waals surface area contributed by atoms with Gasteiger partial charge in [-0.25, -0.2) is 0 Å². The molecule has 1 aliphatic carbocycles. The molecule has 4 rings (SSSR count). The summed E-state index contributed by atoms with van der Waals surface area (Å²) in [6.45, 7) is 2.59. The molecule has 0 N–H and O–H groups in total. The average Bonchev–Trinajstić information content (AvgIpc) is 3.52. The lowest BCUT2D eigenvalue weighted by molar-refractivity contribution is 0.0993. The predicted molar refractivity (Wildman–Crippen MR) is 105 cm³/mol. The predicted octanol–water partition coefficient (Wildman–Crippen LogP) is 4.18. The van der Waals surface area contributed by atoms with Crippen molar-refractivity contribution in [1.82, 2.24) is 4.57 Å². The molecule has 26 heavy (non-hydrogen) atoms. The monoisotopic (exact) mass is 346 g/mol. The second kappa shape index (κ2) is 6.45. The fourth-order valence-electron chi connectivity index (χ4n) is 3.56. The minimum atomic E-state index is -0.0471. The Morgan fingerprint density at radius 3 is 2.50 bits per heavy atom. The number of hydrogen-bond acceptors (Lipinski definition) is 2. The minimum Gasteiger partial charge on any atom is -0.311 e. The molecule has 0 atom stereocenters. The molecule has 3 aromatic rings. The molecule has 1 aromatic heterocycles. The molecule has 1 fully saturated rings. The van der Waals surface area contributed by atoms with Crippen LogP contribution in [-0.4, -0.2) is 17.5 Å². The van der Waals surface area contributed by atoms with Crippen molar-refractivity contribution in [2.24, 2.45) is 0 Å². The smallest absolute Gasteiger partial charge is 0.258 e. The van der Waals surface area contributed by atoms with Gasteiger partial charge in [-0.2, -0.15) is 0 Å². The first-order valence-electron chi connectivity index (χ1n) is 9.10. The summed E-state index contributed by atoms with van der Waals surface area (Å²) in [7, 11) is 1.79. The number of aryl methyl sites for hydroxylation is 1. The maximum absolute atomic E-state index is 13.0.